The molecule has 2 N–H and O–H groups in total. The normalized spacial score (nSPS) is 18.8. The summed E-state index contributed by atoms with van der Waals surface area (Å²) < 4.78 is 5.02. The summed E-state index contributed by atoms with van der Waals surface area (Å²) in [6, 6.07) is 6.19. The zero-order valence-electron chi connectivity index (χ0n) is 16.2. The number of benzene rings is 1. The van der Waals surface area contributed by atoms with E-state index in [1.54, 1.807) is 24.3 Å². The second kappa shape index (κ2) is 10.8. The van der Waals surface area contributed by atoms with Crippen molar-refractivity contribution in [2.45, 2.75) is 50.5 Å². The average molecular weight is 407 g/mol. The van der Waals surface area contributed by atoms with Crippen LogP contribution in [-0.4, -0.2) is 42.1 Å². The zero-order chi connectivity index (χ0) is 20.5. The van der Waals surface area contributed by atoms with E-state index in [0.29, 0.717) is 10.8 Å². The van der Waals surface area contributed by atoms with Crippen LogP contribution in [0.1, 0.15) is 49.9 Å². The van der Waals surface area contributed by atoms with E-state index in [1.165, 1.54) is 18.7 Å². The Bertz CT molecular complexity index is 737. The van der Waals surface area contributed by atoms with Gasteiger partial charge in [-0.3, -0.25) is 14.9 Å². The van der Waals surface area contributed by atoms with E-state index in [0.717, 1.165) is 25.7 Å². The van der Waals surface area contributed by atoms with Crippen molar-refractivity contribution in [3.8, 4) is 0 Å². The first-order valence-corrected chi connectivity index (χ1v) is 10.3. The third-order valence-corrected chi connectivity index (χ3v) is 5.77. The molecule has 2 rings (SSSR count). The van der Waals surface area contributed by atoms with Gasteiger partial charge in [0.1, 0.15) is 5.78 Å². The zero-order valence-corrected chi connectivity index (χ0v) is 17.0. The summed E-state index contributed by atoms with van der Waals surface area (Å²) in [6.07, 6.45) is 4.16. The smallest absolute Gasteiger partial charge is 0.339 e. The Labute approximate surface area is 169 Å². The van der Waals surface area contributed by atoms with Crippen LogP contribution in [0.5, 0.6) is 0 Å². The molecule has 0 radical (unpaired) electrons. The first-order chi connectivity index (χ1) is 13.4. The van der Waals surface area contributed by atoms with Crippen LogP contribution in [0.25, 0.3) is 0 Å². The number of nitrogens with one attached hydrogen (secondary N) is 2. The number of rotatable bonds is 7. The number of imide groups is 1. The molecule has 28 heavy (non-hydrogen) atoms. The Balaban J connectivity index is 1.81. The standard InChI is InChI=1S/C20H26N2O5S/c1-13-7-3-5-9-16(13)21-20(26)22-18(24)11-27-19(25)15-8-4-6-10-17(15)28-12-14(2)23/h4,6,8,10,13,16H,3,5,7,9,11-12H2,1-2H3,(H2,21,22,24,26)/t13-,16+/m0/s1. The number of thioether (sulfide) groups is 1. The number of carbonyl (C=O) groups is 4. The molecule has 3 amide bonds. The quantitative estimate of drug-likeness (QED) is 0.533. The lowest BCUT2D eigenvalue weighted by Gasteiger charge is -2.29. The van der Waals surface area contributed by atoms with Crippen LogP contribution >= 0.6 is 11.8 Å². The number of ether oxygens (including phenoxy) is 1. The highest BCUT2D eigenvalue weighted by Gasteiger charge is 2.23. The van der Waals surface area contributed by atoms with E-state index >= 15 is 0 Å². The molecule has 1 aliphatic carbocycles. The number of ketones is 1. The largest absolute Gasteiger partial charge is 0.452 e. The minimum atomic E-state index is -0.691. The number of carbonyl (C=O) groups excluding carboxylic acids is 4. The predicted molar refractivity (Wildman–Crippen MR) is 106 cm³/mol. The molecule has 0 aliphatic heterocycles. The highest BCUT2D eigenvalue weighted by atomic mass is 32.2. The van der Waals surface area contributed by atoms with Gasteiger partial charge in [0.2, 0.25) is 0 Å². The molecule has 0 heterocycles. The van der Waals surface area contributed by atoms with E-state index < -0.39 is 24.5 Å². The van der Waals surface area contributed by atoms with Crippen LogP contribution < -0.4 is 10.6 Å². The number of hydrogen-bond donors (Lipinski definition) is 2. The summed E-state index contributed by atoms with van der Waals surface area (Å²) in [6.45, 7) is 2.99. The van der Waals surface area contributed by atoms with E-state index in [4.69, 9.17) is 4.74 Å². The van der Waals surface area contributed by atoms with Crippen molar-refractivity contribution >= 4 is 35.5 Å². The summed E-state index contributed by atoms with van der Waals surface area (Å²) >= 11 is 1.23. The van der Waals surface area contributed by atoms with Gasteiger partial charge in [-0.15, -0.1) is 11.8 Å². The first kappa shape index (κ1) is 21.9. The Morgan fingerprint density at radius 1 is 1.14 bits per heavy atom. The summed E-state index contributed by atoms with van der Waals surface area (Å²) in [5.74, 6) is -0.765. The van der Waals surface area contributed by atoms with Crippen LogP contribution in [0, 0.1) is 5.92 Å². The number of urea groups is 1. The average Bonchev–Trinajstić information content (AvgIpc) is 2.66. The Hall–Kier alpha value is -2.35. The van der Waals surface area contributed by atoms with Crippen LogP contribution in [0.3, 0.4) is 0 Å². The predicted octanol–water partition coefficient (Wildman–Crippen LogP) is 2.93. The van der Waals surface area contributed by atoms with Crippen molar-refractivity contribution in [2.75, 3.05) is 12.4 Å². The van der Waals surface area contributed by atoms with E-state index in [-0.39, 0.29) is 23.1 Å². The SMILES string of the molecule is CC(=O)CSc1ccccc1C(=O)OCC(=O)NC(=O)N[C@@H]1CCCC[C@@H]1C. The van der Waals surface area contributed by atoms with Gasteiger partial charge in [0, 0.05) is 10.9 Å². The summed E-state index contributed by atoms with van der Waals surface area (Å²) in [4.78, 5) is 47.9. The van der Waals surface area contributed by atoms with E-state index in [2.05, 4.69) is 17.6 Å². The summed E-state index contributed by atoms with van der Waals surface area (Å²) in [7, 11) is 0. The molecule has 0 unspecified atom stereocenters. The minimum Gasteiger partial charge on any atom is -0.452 e. The van der Waals surface area contributed by atoms with Crippen molar-refractivity contribution in [3.63, 3.8) is 0 Å². The lowest BCUT2D eigenvalue weighted by atomic mass is 9.86. The van der Waals surface area contributed by atoms with Gasteiger partial charge in [-0.1, -0.05) is 31.9 Å². The topological polar surface area (TPSA) is 102 Å². The molecule has 7 nitrogen and oxygen atoms in total. The second-order valence-electron chi connectivity index (χ2n) is 6.95. The second-order valence-corrected chi connectivity index (χ2v) is 7.97. The fourth-order valence-corrected chi connectivity index (χ4v) is 3.89. The molecule has 1 aromatic rings. The van der Waals surface area contributed by atoms with Gasteiger partial charge in [0.25, 0.3) is 5.91 Å². The van der Waals surface area contributed by atoms with Crippen molar-refractivity contribution in [1.82, 2.24) is 10.6 Å². The Morgan fingerprint density at radius 2 is 1.86 bits per heavy atom. The third-order valence-electron chi connectivity index (χ3n) is 4.55. The molecule has 8 heteroatoms. The van der Waals surface area contributed by atoms with Gasteiger partial charge in [0.15, 0.2) is 6.61 Å². The molecule has 1 saturated carbocycles. The van der Waals surface area contributed by atoms with Crippen LogP contribution in [0.4, 0.5) is 4.79 Å². The van der Waals surface area contributed by atoms with Gasteiger partial charge in [0.05, 0.1) is 11.3 Å². The van der Waals surface area contributed by atoms with Crippen LogP contribution in [0.2, 0.25) is 0 Å². The van der Waals surface area contributed by atoms with Gasteiger partial charge in [-0.05, 0) is 37.8 Å². The number of hydrogen-bond acceptors (Lipinski definition) is 6. The number of amides is 3. The minimum absolute atomic E-state index is 0.00848. The lowest BCUT2D eigenvalue weighted by molar-refractivity contribution is -0.123. The molecule has 1 aromatic carbocycles. The molecule has 0 spiro atoms. The van der Waals surface area contributed by atoms with Gasteiger partial charge in [-0.25, -0.2) is 9.59 Å². The third kappa shape index (κ3) is 6.99. The molecule has 152 valence electrons. The number of Topliss-reactive ketones (excluding diaryl/α,β-unsaturated/α-hetero) is 1. The maximum Gasteiger partial charge on any atom is 0.339 e. The summed E-state index contributed by atoms with van der Waals surface area (Å²) in [5, 5.41) is 5.00. The molecule has 0 saturated heterocycles. The maximum absolute atomic E-state index is 12.3. The molecule has 0 bridgehead atoms. The highest BCUT2D eigenvalue weighted by molar-refractivity contribution is 8.00. The monoisotopic (exact) mass is 406 g/mol. The molecule has 2 atom stereocenters. The van der Waals surface area contributed by atoms with Crippen LogP contribution in [0.15, 0.2) is 29.2 Å². The van der Waals surface area contributed by atoms with Crippen molar-refractivity contribution in [2.24, 2.45) is 5.92 Å². The van der Waals surface area contributed by atoms with E-state index in [9.17, 15) is 19.2 Å². The van der Waals surface area contributed by atoms with Gasteiger partial charge in [-0.2, -0.15) is 0 Å². The van der Waals surface area contributed by atoms with Crippen LogP contribution in [-0.2, 0) is 14.3 Å². The Kier molecular flexibility index (Phi) is 8.50. The van der Waals surface area contributed by atoms with Gasteiger partial charge >= 0.3 is 12.0 Å². The molecule has 1 fully saturated rings. The maximum atomic E-state index is 12.3. The number of esters is 1. The lowest BCUT2D eigenvalue weighted by Crippen LogP contribution is -2.48. The first-order valence-electron chi connectivity index (χ1n) is 9.35. The fraction of sp³-hybridized carbons (Fsp3) is 0.500. The van der Waals surface area contributed by atoms with Crippen molar-refractivity contribution < 1.29 is 23.9 Å². The molecular weight excluding hydrogens is 380 g/mol. The molecular formula is C20H26N2O5S. The molecule has 0 aromatic heterocycles. The molecule has 1 aliphatic rings. The Morgan fingerprint density at radius 3 is 2.57 bits per heavy atom. The van der Waals surface area contributed by atoms with Crippen molar-refractivity contribution in [1.29, 1.82) is 0 Å². The fourth-order valence-electron chi connectivity index (χ4n) is 3.05. The van der Waals surface area contributed by atoms with E-state index in [1.807, 2.05) is 0 Å². The highest BCUT2D eigenvalue weighted by Crippen LogP contribution is 2.24. The van der Waals surface area contributed by atoms with Crippen molar-refractivity contribution in [3.05, 3.63) is 29.8 Å². The summed E-state index contributed by atoms with van der Waals surface area (Å²) in [5.41, 5.74) is 0.280. The van der Waals surface area contributed by atoms with Gasteiger partial charge < -0.3 is 10.1 Å².